The molecule has 4 nitrogen and oxygen atoms in total. The number of aromatic nitrogens is 1. The molecule has 5 heteroatoms. The minimum Gasteiger partial charge on any atom is -0.475 e. The molecule has 0 fully saturated rings. The van der Waals surface area contributed by atoms with Crippen LogP contribution in [0.5, 0.6) is 0 Å². The van der Waals surface area contributed by atoms with Gasteiger partial charge in [0.05, 0.1) is 5.69 Å². The van der Waals surface area contributed by atoms with Crippen LogP contribution in [0.2, 0.25) is 0 Å². The summed E-state index contributed by atoms with van der Waals surface area (Å²) in [6.07, 6.45) is 1.27. The first-order chi connectivity index (χ1) is 8.61. The molecule has 0 spiro atoms. The van der Waals surface area contributed by atoms with E-state index in [2.05, 4.69) is 4.98 Å². The van der Waals surface area contributed by atoms with E-state index < -0.39 is 11.8 Å². The van der Waals surface area contributed by atoms with E-state index in [0.717, 1.165) is 6.42 Å². The number of oxazole rings is 1. The molecular weight excluding hydrogens is 237 g/mol. The lowest BCUT2D eigenvalue weighted by Gasteiger charge is -1.94. The molecule has 1 N–H and O–H groups in total. The Balaban J connectivity index is 2.46. The number of hydrogen-bond donors (Lipinski definition) is 1. The number of aromatic carboxylic acids is 1. The Morgan fingerprint density at radius 3 is 2.89 bits per heavy atom. The second kappa shape index (κ2) is 5.00. The van der Waals surface area contributed by atoms with Crippen LogP contribution in [0.1, 0.15) is 29.6 Å². The van der Waals surface area contributed by atoms with Gasteiger partial charge in [0.25, 0.3) is 0 Å². The Labute approximate surface area is 103 Å². The molecule has 0 saturated heterocycles. The number of carboxylic acid groups (broad SMARTS) is 1. The zero-order valence-electron chi connectivity index (χ0n) is 9.81. The van der Waals surface area contributed by atoms with Crippen molar-refractivity contribution in [2.24, 2.45) is 0 Å². The smallest absolute Gasteiger partial charge is 0.373 e. The summed E-state index contributed by atoms with van der Waals surface area (Å²) >= 11 is 0. The average molecular weight is 249 g/mol. The minimum atomic E-state index is -1.16. The molecule has 0 saturated carbocycles. The highest BCUT2D eigenvalue weighted by atomic mass is 19.1. The third kappa shape index (κ3) is 2.40. The molecule has 0 unspecified atom stereocenters. The van der Waals surface area contributed by atoms with Crippen molar-refractivity contribution in [2.45, 2.75) is 19.8 Å². The topological polar surface area (TPSA) is 63.3 Å². The summed E-state index contributed by atoms with van der Waals surface area (Å²) < 4.78 is 18.3. The van der Waals surface area contributed by atoms with Crippen LogP contribution in [-0.2, 0) is 6.42 Å². The molecule has 0 aliphatic heterocycles. The third-order valence-electron chi connectivity index (χ3n) is 2.45. The van der Waals surface area contributed by atoms with Crippen LogP contribution in [0.3, 0.4) is 0 Å². The van der Waals surface area contributed by atoms with Crippen molar-refractivity contribution in [1.29, 1.82) is 0 Å². The molecular formula is C13H12FNO3. The Bertz CT molecular complexity index is 577. The SMILES string of the molecule is CCCc1nc(-c2cccc(F)c2)oc1C(=O)O. The number of rotatable bonds is 4. The summed E-state index contributed by atoms with van der Waals surface area (Å²) in [5, 5.41) is 9.00. The van der Waals surface area contributed by atoms with Crippen molar-refractivity contribution < 1.29 is 18.7 Å². The van der Waals surface area contributed by atoms with E-state index in [1.165, 1.54) is 18.2 Å². The average Bonchev–Trinajstić information content (AvgIpc) is 2.74. The molecule has 0 aliphatic rings. The lowest BCUT2D eigenvalue weighted by atomic mass is 10.2. The van der Waals surface area contributed by atoms with Crippen LogP contribution in [-0.4, -0.2) is 16.1 Å². The summed E-state index contributed by atoms with van der Waals surface area (Å²) in [6.45, 7) is 1.92. The maximum absolute atomic E-state index is 13.1. The van der Waals surface area contributed by atoms with Gasteiger partial charge in [0.1, 0.15) is 5.82 Å². The van der Waals surface area contributed by atoms with Crippen LogP contribution < -0.4 is 0 Å². The van der Waals surface area contributed by atoms with Gasteiger partial charge in [-0.15, -0.1) is 0 Å². The quantitative estimate of drug-likeness (QED) is 0.904. The number of nitrogens with zero attached hydrogens (tertiary/aromatic N) is 1. The van der Waals surface area contributed by atoms with Crippen molar-refractivity contribution >= 4 is 5.97 Å². The van der Waals surface area contributed by atoms with Gasteiger partial charge in [0.2, 0.25) is 11.7 Å². The number of halogens is 1. The highest BCUT2D eigenvalue weighted by molar-refractivity contribution is 5.86. The van der Waals surface area contributed by atoms with Crippen molar-refractivity contribution in [3.8, 4) is 11.5 Å². The summed E-state index contributed by atoms with van der Waals surface area (Å²) in [5.74, 6) is -1.61. The van der Waals surface area contributed by atoms with E-state index in [-0.39, 0.29) is 11.7 Å². The van der Waals surface area contributed by atoms with Crippen LogP contribution >= 0.6 is 0 Å². The molecule has 0 amide bonds. The number of carbonyl (C=O) groups is 1. The molecule has 0 bridgehead atoms. The van der Waals surface area contributed by atoms with Gasteiger partial charge in [-0.2, -0.15) is 0 Å². The summed E-state index contributed by atoms with van der Waals surface area (Å²) in [4.78, 5) is 15.1. The monoisotopic (exact) mass is 249 g/mol. The van der Waals surface area contributed by atoms with E-state index in [4.69, 9.17) is 9.52 Å². The minimum absolute atomic E-state index is 0.135. The molecule has 2 aromatic rings. The van der Waals surface area contributed by atoms with Gasteiger partial charge in [0.15, 0.2) is 0 Å². The fourth-order valence-electron chi connectivity index (χ4n) is 1.67. The highest BCUT2D eigenvalue weighted by Gasteiger charge is 2.19. The van der Waals surface area contributed by atoms with Gasteiger partial charge < -0.3 is 9.52 Å². The Kier molecular flexibility index (Phi) is 3.41. The molecule has 2 rings (SSSR count). The normalized spacial score (nSPS) is 10.6. The zero-order chi connectivity index (χ0) is 13.1. The summed E-state index contributed by atoms with van der Waals surface area (Å²) in [7, 11) is 0. The predicted octanol–water partition coefficient (Wildman–Crippen LogP) is 3.13. The van der Waals surface area contributed by atoms with Crippen LogP contribution in [0.4, 0.5) is 4.39 Å². The molecule has 18 heavy (non-hydrogen) atoms. The summed E-state index contributed by atoms with van der Waals surface area (Å²) in [5.41, 5.74) is 0.823. The second-order valence-electron chi connectivity index (χ2n) is 3.86. The number of carboxylic acids is 1. The van der Waals surface area contributed by atoms with E-state index in [9.17, 15) is 9.18 Å². The van der Waals surface area contributed by atoms with Crippen molar-refractivity contribution in [3.63, 3.8) is 0 Å². The first-order valence-electron chi connectivity index (χ1n) is 5.60. The van der Waals surface area contributed by atoms with E-state index in [1.807, 2.05) is 6.92 Å². The molecule has 0 aliphatic carbocycles. The molecule has 1 aromatic heterocycles. The largest absolute Gasteiger partial charge is 0.475 e. The lowest BCUT2D eigenvalue weighted by molar-refractivity contribution is 0.0661. The van der Waals surface area contributed by atoms with E-state index in [0.29, 0.717) is 17.7 Å². The Morgan fingerprint density at radius 1 is 1.50 bits per heavy atom. The van der Waals surface area contributed by atoms with Crippen LogP contribution in [0, 0.1) is 5.82 Å². The van der Waals surface area contributed by atoms with Crippen molar-refractivity contribution in [1.82, 2.24) is 4.98 Å². The summed E-state index contributed by atoms with van der Waals surface area (Å²) in [6, 6.07) is 5.70. The number of benzene rings is 1. The van der Waals surface area contributed by atoms with Gasteiger partial charge in [-0.3, -0.25) is 0 Å². The molecule has 1 heterocycles. The Hall–Kier alpha value is -2.17. The Morgan fingerprint density at radius 2 is 2.28 bits per heavy atom. The van der Waals surface area contributed by atoms with E-state index >= 15 is 0 Å². The van der Waals surface area contributed by atoms with Gasteiger partial charge in [-0.25, -0.2) is 14.2 Å². The fraction of sp³-hybridized carbons (Fsp3) is 0.231. The molecule has 94 valence electrons. The van der Waals surface area contributed by atoms with Crippen LogP contribution in [0.25, 0.3) is 11.5 Å². The van der Waals surface area contributed by atoms with Crippen molar-refractivity contribution in [2.75, 3.05) is 0 Å². The molecule has 1 aromatic carbocycles. The number of hydrogen-bond acceptors (Lipinski definition) is 3. The lowest BCUT2D eigenvalue weighted by Crippen LogP contribution is -1.99. The predicted molar refractivity (Wildman–Crippen MR) is 62.9 cm³/mol. The fourth-order valence-corrected chi connectivity index (χ4v) is 1.67. The second-order valence-corrected chi connectivity index (χ2v) is 3.86. The van der Waals surface area contributed by atoms with E-state index in [1.54, 1.807) is 6.07 Å². The van der Waals surface area contributed by atoms with Gasteiger partial charge >= 0.3 is 5.97 Å². The molecule has 0 radical (unpaired) electrons. The third-order valence-corrected chi connectivity index (χ3v) is 2.45. The molecule has 0 atom stereocenters. The van der Waals surface area contributed by atoms with Gasteiger partial charge in [-0.1, -0.05) is 19.4 Å². The maximum Gasteiger partial charge on any atom is 0.373 e. The van der Waals surface area contributed by atoms with Gasteiger partial charge in [-0.05, 0) is 24.6 Å². The van der Waals surface area contributed by atoms with Crippen molar-refractivity contribution in [3.05, 3.63) is 41.5 Å². The first-order valence-corrected chi connectivity index (χ1v) is 5.60. The van der Waals surface area contributed by atoms with Gasteiger partial charge in [0, 0.05) is 5.56 Å². The zero-order valence-corrected chi connectivity index (χ0v) is 9.81. The first kappa shape index (κ1) is 12.3. The standard InChI is InChI=1S/C13H12FNO3/c1-2-4-10-11(13(16)17)18-12(15-10)8-5-3-6-9(14)7-8/h3,5-7H,2,4H2,1H3,(H,16,17). The highest BCUT2D eigenvalue weighted by Crippen LogP contribution is 2.23. The maximum atomic E-state index is 13.1. The van der Waals surface area contributed by atoms with Crippen LogP contribution in [0.15, 0.2) is 28.7 Å². The number of aryl methyl sites for hydroxylation is 1.